The lowest BCUT2D eigenvalue weighted by Crippen LogP contribution is -1.66. The van der Waals surface area contributed by atoms with Crippen LogP contribution in [0.15, 0.2) is 0 Å². The number of rotatable bonds is 0. The van der Waals surface area contributed by atoms with Gasteiger partial charge in [0.2, 0.25) is 0 Å². The molecule has 0 radical (unpaired) electrons. The third-order valence-electron chi connectivity index (χ3n) is 0. The van der Waals surface area contributed by atoms with E-state index in [2.05, 4.69) is 47.0 Å². The van der Waals surface area contributed by atoms with E-state index in [1.54, 1.807) is 6.92 Å². The summed E-state index contributed by atoms with van der Waals surface area (Å²) in [5, 5.41) is 0. The second-order valence-electron chi connectivity index (χ2n) is 2.73. The maximum Gasteiger partial charge on any atom is -0.00297 e. The van der Waals surface area contributed by atoms with E-state index in [-0.39, 0.29) is 0 Å². The van der Waals surface area contributed by atoms with Gasteiger partial charge in [-0.3, -0.25) is 0 Å². The van der Waals surface area contributed by atoms with Gasteiger partial charge in [0.15, 0.2) is 0 Å². The minimum atomic E-state index is 0.833. The Morgan fingerprint density at radius 3 is 1.20 bits per heavy atom. The fraction of sp³-hybridized carbons (Fsp3) is 0.800. The van der Waals surface area contributed by atoms with Gasteiger partial charge in [-0.1, -0.05) is 41.0 Å². The molecule has 0 spiro atoms. The summed E-state index contributed by atoms with van der Waals surface area (Å²) in [7, 11) is 0. The second kappa shape index (κ2) is 23.5. The summed E-state index contributed by atoms with van der Waals surface area (Å²) in [6, 6.07) is 0. The molecule has 0 aliphatic heterocycles. The van der Waals surface area contributed by atoms with Gasteiger partial charge in [-0.2, -0.15) is 0 Å². The molecule has 0 aliphatic rings. The molecule has 0 aromatic rings. The Bertz CT molecular complexity index is 52.2. The zero-order valence-electron chi connectivity index (χ0n) is 8.36. The van der Waals surface area contributed by atoms with Crippen LogP contribution in [0.3, 0.4) is 0 Å². The predicted molar refractivity (Wildman–Crippen MR) is 51.0 cm³/mol. The van der Waals surface area contributed by atoms with Gasteiger partial charge in [0.1, 0.15) is 0 Å². The summed E-state index contributed by atoms with van der Waals surface area (Å²) in [5.74, 6) is 3.08. The van der Waals surface area contributed by atoms with E-state index in [1.807, 2.05) is 0 Å². The molecule has 0 aromatic carbocycles. The van der Waals surface area contributed by atoms with Crippen molar-refractivity contribution in [2.24, 2.45) is 5.92 Å². The van der Waals surface area contributed by atoms with Crippen molar-refractivity contribution in [1.29, 1.82) is 0 Å². The summed E-state index contributed by atoms with van der Waals surface area (Å²) >= 11 is 0. The second-order valence-corrected chi connectivity index (χ2v) is 2.73. The highest BCUT2D eigenvalue weighted by molar-refractivity contribution is 4.73. The average Bonchev–Trinajstić information content (AvgIpc) is 1.65. The first-order valence-corrected chi connectivity index (χ1v) is 3.93. The highest BCUT2D eigenvalue weighted by Crippen LogP contribution is 1.81. The van der Waals surface area contributed by atoms with Gasteiger partial charge < -0.3 is 0 Å². The Morgan fingerprint density at radius 2 is 1.20 bits per heavy atom. The molecule has 10 heavy (non-hydrogen) atoms. The first-order valence-electron chi connectivity index (χ1n) is 3.93. The minimum absolute atomic E-state index is 0.833. The molecule has 0 atom stereocenters. The maximum atomic E-state index is 4.60. The molecule has 0 fully saturated rings. The van der Waals surface area contributed by atoms with Crippen molar-refractivity contribution in [3.8, 4) is 12.3 Å². The van der Waals surface area contributed by atoms with Crippen molar-refractivity contribution < 1.29 is 0 Å². The standard InChI is InChI=1S/C4H10.C3H8.C3H4/c1-4(2)3;2*1-3-2/h4H,1-3H3;3H2,1-2H3;1H,2H3. The van der Waals surface area contributed by atoms with E-state index < -0.39 is 0 Å². The van der Waals surface area contributed by atoms with E-state index in [9.17, 15) is 0 Å². The largest absolute Gasteiger partial charge is 0.120 e. The molecule has 0 aliphatic carbocycles. The third-order valence-corrected chi connectivity index (χ3v) is 0. The highest BCUT2D eigenvalue weighted by atomic mass is 13.7. The molecule has 0 heterocycles. The van der Waals surface area contributed by atoms with Crippen molar-refractivity contribution in [3.63, 3.8) is 0 Å². The highest BCUT2D eigenvalue weighted by Gasteiger charge is 1.68. The molecule has 0 bridgehead atoms. The third kappa shape index (κ3) is 1680. The lowest BCUT2D eigenvalue weighted by molar-refractivity contribution is 0.737. The van der Waals surface area contributed by atoms with E-state index in [0.717, 1.165) is 5.92 Å². The first kappa shape index (κ1) is 16.3. The van der Waals surface area contributed by atoms with Crippen LogP contribution < -0.4 is 0 Å². The van der Waals surface area contributed by atoms with Crippen LogP contribution in [0.25, 0.3) is 0 Å². The van der Waals surface area contributed by atoms with Gasteiger partial charge in [-0.15, -0.1) is 12.3 Å². The fourth-order valence-electron chi connectivity index (χ4n) is 0. The molecular weight excluding hydrogens is 120 g/mol. The van der Waals surface area contributed by atoms with Gasteiger partial charge in [-0.05, 0) is 12.8 Å². The normalized spacial score (nSPS) is 6.20. The van der Waals surface area contributed by atoms with Crippen LogP contribution in [0.1, 0.15) is 48.0 Å². The minimum Gasteiger partial charge on any atom is -0.120 e. The van der Waals surface area contributed by atoms with Crippen LogP contribution in [0, 0.1) is 18.3 Å². The first-order chi connectivity index (χ1) is 4.56. The molecule has 0 amide bonds. The quantitative estimate of drug-likeness (QED) is 0.452. The van der Waals surface area contributed by atoms with Crippen LogP contribution in [-0.4, -0.2) is 0 Å². The monoisotopic (exact) mass is 142 g/mol. The zero-order chi connectivity index (χ0) is 8.99. The molecule has 0 unspecified atom stereocenters. The number of hydrogen-bond donors (Lipinski definition) is 0. The average molecular weight is 142 g/mol. The molecule has 0 saturated carbocycles. The van der Waals surface area contributed by atoms with Gasteiger partial charge >= 0.3 is 0 Å². The lowest BCUT2D eigenvalue weighted by atomic mass is 10.3. The van der Waals surface area contributed by atoms with Crippen molar-refractivity contribution in [3.05, 3.63) is 0 Å². The van der Waals surface area contributed by atoms with Crippen LogP contribution in [0.4, 0.5) is 0 Å². The van der Waals surface area contributed by atoms with E-state index in [4.69, 9.17) is 0 Å². The Balaban J connectivity index is -0.0000000750. The number of hydrogen-bond acceptors (Lipinski definition) is 0. The van der Waals surface area contributed by atoms with Gasteiger partial charge in [0.05, 0.1) is 0 Å². The Kier molecular flexibility index (Phi) is 38.3. The Morgan fingerprint density at radius 1 is 1.20 bits per heavy atom. The van der Waals surface area contributed by atoms with Crippen LogP contribution in [-0.2, 0) is 0 Å². The summed E-state index contributed by atoms with van der Waals surface area (Å²) in [6.45, 7) is 12.4. The molecule has 62 valence electrons. The van der Waals surface area contributed by atoms with Gasteiger partial charge in [0, 0.05) is 0 Å². The molecule has 0 aromatic heterocycles. The van der Waals surface area contributed by atoms with E-state index in [0.29, 0.717) is 0 Å². The van der Waals surface area contributed by atoms with Gasteiger partial charge in [-0.25, -0.2) is 0 Å². The maximum absolute atomic E-state index is 4.60. The summed E-state index contributed by atoms with van der Waals surface area (Å²) in [6.07, 6.45) is 5.85. The molecule has 0 N–H and O–H groups in total. The zero-order valence-corrected chi connectivity index (χ0v) is 8.36. The Labute approximate surface area is 67.0 Å². The van der Waals surface area contributed by atoms with Gasteiger partial charge in [0.25, 0.3) is 0 Å². The smallest absolute Gasteiger partial charge is 0.00297 e. The van der Waals surface area contributed by atoms with Crippen LogP contribution in [0.2, 0.25) is 0 Å². The van der Waals surface area contributed by atoms with Crippen LogP contribution >= 0.6 is 0 Å². The van der Waals surface area contributed by atoms with E-state index in [1.165, 1.54) is 6.42 Å². The molecule has 0 saturated heterocycles. The van der Waals surface area contributed by atoms with Crippen LogP contribution in [0.5, 0.6) is 0 Å². The summed E-state index contributed by atoms with van der Waals surface area (Å²) in [5.41, 5.74) is 0. The lowest BCUT2D eigenvalue weighted by Gasteiger charge is -1.79. The number of terminal acetylenes is 1. The van der Waals surface area contributed by atoms with Crippen molar-refractivity contribution >= 4 is 0 Å². The molecular formula is C10H22. The SMILES string of the molecule is C#CC.CC(C)C.CCC. The van der Waals surface area contributed by atoms with E-state index >= 15 is 0 Å². The Hall–Kier alpha value is -0.440. The fourth-order valence-corrected chi connectivity index (χ4v) is 0. The molecule has 0 rings (SSSR count). The molecule has 0 heteroatoms. The topological polar surface area (TPSA) is 0 Å². The van der Waals surface area contributed by atoms with Crippen molar-refractivity contribution in [2.75, 3.05) is 0 Å². The predicted octanol–water partition coefficient (Wildman–Crippen LogP) is 3.72. The summed E-state index contributed by atoms with van der Waals surface area (Å²) in [4.78, 5) is 0. The van der Waals surface area contributed by atoms with Crippen molar-refractivity contribution in [2.45, 2.75) is 48.0 Å². The van der Waals surface area contributed by atoms with Crippen molar-refractivity contribution in [1.82, 2.24) is 0 Å². The molecule has 0 nitrogen and oxygen atoms in total. The summed E-state index contributed by atoms with van der Waals surface area (Å²) < 4.78 is 0.